The van der Waals surface area contributed by atoms with Crippen molar-refractivity contribution in [2.45, 2.75) is 39.5 Å². The molecule has 26 heavy (non-hydrogen) atoms. The number of benzene rings is 2. The van der Waals surface area contributed by atoms with E-state index >= 15 is 0 Å². The predicted molar refractivity (Wildman–Crippen MR) is 110 cm³/mol. The molecule has 134 valence electrons. The van der Waals surface area contributed by atoms with Crippen LogP contribution < -0.4 is 4.74 Å². The van der Waals surface area contributed by atoms with E-state index in [1.165, 1.54) is 47.2 Å². The number of ether oxygens (including phenoxy) is 1. The Hall–Kier alpha value is -2.61. The molecule has 0 bridgehead atoms. The Bertz CT molecular complexity index is 789. The number of aromatic nitrogens is 1. The number of rotatable bonds is 8. The summed E-state index contributed by atoms with van der Waals surface area (Å²) >= 11 is 0. The monoisotopic (exact) mass is 345 g/mol. The van der Waals surface area contributed by atoms with E-state index in [1.54, 1.807) is 0 Å². The van der Waals surface area contributed by atoms with Crippen LogP contribution in [-0.4, -0.2) is 11.6 Å². The Labute approximate surface area is 156 Å². The molecule has 2 aromatic carbocycles. The molecule has 0 saturated heterocycles. The van der Waals surface area contributed by atoms with Crippen LogP contribution >= 0.6 is 0 Å². The minimum Gasteiger partial charge on any atom is -0.494 e. The largest absolute Gasteiger partial charge is 0.494 e. The van der Waals surface area contributed by atoms with Gasteiger partial charge in [0, 0.05) is 17.5 Å². The molecule has 1 heterocycles. The van der Waals surface area contributed by atoms with Crippen molar-refractivity contribution in [2.24, 2.45) is 0 Å². The number of nitrogens with zero attached hydrogens (tertiary/aromatic N) is 1. The summed E-state index contributed by atoms with van der Waals surface area (Å²) in [5, 5.41) is 0. The maximum absolute atomic E-state index is 5.51. The molecule has 3 aromatic rings. The highest BCUT2D eigenvalue weighted by Gasteiger charge is 2.02. The number of hydrogen-bond acceptors (Lipinski definition) is 2. The molecule has 0 unspecified atom stereocenters. The summed E-state index contributed by atoms with van der Waals surface area (Å²) < 4.78 is 5.51. The molecule has 0 aliphatic rings. The molecule has 0 aliphatic carbocycles. The van der Waals surface area contributed by atoms with E-state index in [2.05, 4.69) is 60.4 Å². The van der Waals surface area contributed by atoms with Gasteiger partial charge < -0.3 is 4.74 Å². The van der Waals surface area contributed by atoms with Gasteiger partial charge in [0.05, 0.1) is 6.61 Å². The van der Waals surface area contributed by atoms with Gasteiger partial charge in [-0.2, -0.15) is 0 Å². The molecular formula is C24H27NO. The first-order valence-corrected chi connectivity index (χ1v) is 9.58. The fraction of sp³-hybridized carbons (Fsp3) is 0.292. The van der Waals surface area contributed by atoms with Crippen LogP contribution in [0.4, 0.5) is 0 Å². The van der Waals surface area contributed by atoms with E-state index in [-0.39, 0.29) is 0 Å². The first-order valence-electron chi connectivity index (χ1n) is 9.58. The van der Waals surface area contributed by atoms with Gasteiger partial charge in [0.2, 0.25) is 0 Å². The summed E-state index contributed by atoms with van der Waals surface area (Å²) in [6.45, 7) is 4.92. The van der Waals surface area contributed by atoms with Crippen molar-refractivity contribution in [2.75, 3.05) is 6.61 Å². The second-order valence-corrected chi connectivity index (χ2v) is 6.53. The maximum Gasteiger partial charge on any atom is 0.119 e. The summed E-state index contributed by atoms with van der Waals surface area (Å²) in [4.78, 5) is 4.62. The summed E-state index contributed by atoms with van der Waals surface area (Å²) in [6.07, 6.45) is 6.81. The topological polar surface area (TPSA) is 22.1 Å². The molecule has 0 saturated carbocycles. The number of hydrogen-bond donors (Lipinski definition) is 0. The quantitative estimate of drug-likeness (QED) is 0.432. The fourth-order valence-electron chi connectivity index (χ4n) is 3.06. The first kappa shape index (κ1) is 18.2. The van der Waals surface area contributed by atoms with Crippen LogP contribution in [0.5, 0.6) is 5.75 Å². The van der Waals surface area contributed by atoms with Crippen LogP contribution in [0, 0.1) is 0 Å². The third-order valence-corrected chi connectivity index (χ3v) is 4.58. The second kappa shape index (κ2) is 9.19. The average molecular weight is 345 g/mol. The summed E-state index contributed by atoms with van der Waals surface area (Å²) in [6, 6.07) is 21.3. The standard InChI is InChI=1S/C24H27NO/c1-3-5-6-7-23-15-12-22(18-25-23)21-10-8-19(9-11-21)20-13-16-24(17-14-20)26-4-2/h8-18H,3-7H2,1-2H3. The zero-order valence-corrected chi connectivity index (χ0v) is 15.7. The summed E-state index contributed by atoms with van der Waals surface area (Å²) in [7, 11) is 0. The summed E-state index contributed by atoms with van der Waals surface area (Å²) in [5.41, 5.74) is 5.97. The normalized spacial score (nSPS) is 10.7. The van der Waals surface area contributed by atoms with Crippen LogP contribution in [0.1, 0.15) is 38.8 Å². The molecule has 1 aromatic heterocycles. The van der Waals surface area contributed by atoms with Gasteiger partial charge in [-0.3, -0.25) is 4.98 Å². The van der Waals surface area contributed by atoms with Crippen molar-refractivity contribution in [3.63, 3.8) is 0 Å². The van der Waals surface area contributed by atoms with E-state index in [0.717, 1.165) is 12.2 Å². The first-order chi connectivity index (χ1) is 12.8. The maximum atomic E-state index is 5.51. The summed E-state index contributed by atoms with van der Waals surface area (Å²) in [5.74, 6) is 0.915. The molecule has 2 heteroatoms. The van der Waals surface area contributed by atoms with Crippen LogP contribution in [0.2, 0.25) is 0 Å². The highest BCUT2D eigenvalue weighted by Crippen LogP contribution is 2.26. The number of unbranched alkanes of at least 4 members (excludes halogenated alkanes) is 2. The van der Waals surface area contributed by atoms with E-state index < -0.39 is 0 Å². The van der Waals surface area contributed by atoms with Crippen molar-refractivity contribution in [1.82, 2.24) is 4.98 Å². The predicted octanol–water partition coefficient (Wildman–Crippen LogP) is 6.55. The molecule has 0 N–H and O–H groups in total. The van der Waals surface area contributed by atoms with Gasteiger partial charge in [-0.15, -0.1) is 0 Å². The van der Waals surface area contributed by atoms with Crippen LogP contribution in [0.15, 0.2) is 66.9 Å². The number of aryl methyl sites for hydroxylation is 1. The molecule has 0 fully saturated rings. The van der Waals surface area contributed by atoms with Crippen molar-refractivity contribution < 1.29 is 4.74 Å². The molecule has 3 rings (SSSR count). The highest BCUT2D eigenvalue weighted by atomic mass is 16.5. The zero-order valence-electron chi connectivity index (χ0n) is 15.7. The third kappa shape index (κ3) is 4.72. The van der Waals surface area contributed by atoms with Gasteiger partial charge in [-0.05, 0) is 54.7 Å². The van der Waals surface area contributed by atoms with E-state index in [0.29, 0.717) is 6.61 Å². The van der Waals surface area contributed by atoms with Crippen molar-refractivity contribution in [3.8, 4) is 28.0 Å². The van der Waals surface area contributed by atoms with E-state index in [4.69, 9.17) is 4.74 Å². The Kier molecular flexibility index (Phi) is 6.43. The molecule has 2 nitrogen and oxygen atoms in total. The lowest BCUT2D eigenvalue weighted by atomic mass is 10.0. The Balaban J connectivity index is 1.68. The zero-order chi connectivity index (χ0) is 18.2. The molecule has 0 amide bonds. The SMILES string of the molecule is CCCCCc1ccc(-c2ccc(-c3ccc(OCC)cc3)cc2)cn1. The van der Waals surface area contributed by atoms with E-state index in [9.17, 15) is 0 Å². The molecule has 0 atom stereocenters. The minimum atomic E-state index is 0.694. The molecule has 0 radical (unpaired) electrons. The van der Waals surface area contributed by atoms with Gasteiger partial charge in [-0.1, -0.05) is 62.2 Å². The fourth-order valence-corrected chi connectivity index (χ4v) is 3.06. The van der Waals surface area contributed by atoms with Gasteiger partial charge in [0.25, 0.3) is 0 Å². The van der Waals surface area contributed by atoms with E-state index in [1.807, 2.05) is 25.3 Å². The minimum absolute atomic E-state index is 0.694. The van der Waals surface area contributed by atoms with Crippen LogP contribution in [0.3, 0.4) is 0 Å². The van der Waals surface area contributed by atoms with Crippen molar-refractivity contribution >= 4 is 0 Å². The van der Waals surface area contributed by atoms with Gasteiger partial charge in [0.1, 0.15) is 5.75 Å². The van der Waals surface area contributed by atoms with Crippen molar-refractivity contribution in [3.05, 3.63) is 72.6 Å². The Morgan fingerprint density at radius 2 is 1.27 bits per heavy atom. The average Bonchev–Trinajstić information content (AvgIpc) is 2.70. The van der Waals surface area contributed by atoms with Crippen LogP contribution in [0.25, 0.3) is 22.3 Å². The smallest absolute Gasteiger partial charge is 0.119 e. The van der Waals surface area contributed by atoms with Crippen LogP contribution in [-0.2, 0) is 6.42 Å². The van der Waals surface area contributed by atoms with Gasteiger partial charge in [-0.25, -0.2) is 0 Å². The lowest BCUT2D eigenvalue weighted by Gasteiger charge is -2.07. The number of pyridine rings is 1. The lowest BCUT2D eigenvalue weighted by molar-refractivity contribution is 0.340. The molecule has 0 spiro atoms. The van der Waals surface area contributed by atoms with Gasteiger partial charge >= 0.3 is 0 Å². The Morgan fingerprint density at radius 1 is 0.692 bits per heavy atom. The highest BCUT2D eigenvalue weighted by molar-refractivity contribution is 5.70. The Morgan fingerprint density at radius 3 is 1.81 bits per heavy atom. The van der Waals surface area contributed by atoms with Crippen molar-refractivity contribution in [1.29, 1.82) is 0 Å². The third-order valence-electron chi connectivity index (χ3n) is 4.58. The molecule has 0 aliphatic heterocycles. The van der Waals surface area contributed by atoms with Gasteiger partial charge in [0.15, 0.2) is 0 Å². The lowest BCUT2D eigenvalue weighted by Crippen LogP contribution is -1.91. The molecular weight excluding hydrogens is 318 g/mol. The second-order valence-electron chi connectivity index (χ2n) is 6.53.